The van der Waals surface area contributed by atoms with Crippen LogP contribution in [0, 0.1) is 0 Å². The van der Waals surface area contributed by atoms with Crippen molar-refractivity contribution in [3.8, 4) is 0 Å². The summed E-state index contributed by atoms with van der Waals surface area (Å²) in [5.41, 5.74) is 0. The molecular formula is C22H36O3. The second-order valence-electron chi connectivity index (χ2n) is 5.99. The zero-order valence-electron chi connectivity index (χ0n) is 16.0. The minimum atomic E-state index is -0.412. The zero-order chi connectivity index (χ0) is 18.6. The zero-order valence-corrected chi connectivity index (χ0v) is 16.0. The Balaban J connectivity index is 3.63. The molecule has 0 aliphatic heterocycles. The van der Waals surface area contributed by atoms with Gasteiger partial charge in [-0.2, -0.15) is 0 Å². The number of hydrogen-bond acceptors (Lipinski definition) is 3. The topological polar surface area (TPSA) is 46.5 Å². The van der Waals surface area contributed by atoms with Crippen molar-refractivity contribution in [2.24, 2.45) is 0 Å². The Labute approximate surface area is 154 Å². The SMILES string of the molecule is CCCCC/C=C\C[C@H](O)/C=C/C=C\C/C=C\CCCC(=O)OCC. The molecule has 0 amide bonds. The Kier molecular flexibility index (Phi) is 17.5. The van der Waals surface area contributed by atoms with Gasteiger partial charge >= 0.3 is 5.97 Å². The summed E-state index contributed by atoms with van der Waals surface area (Å²) in [7, 11) is 0. The summed E-state index contributed by atoms with van der Waals surface area (Å²) >= 11 is 0. The monoisotopic (exact) mass is 348 g/mol. The maximum absolute atomic E-state index is 11.1. The molecule has 0 aliphatic rings. The lowest BCUT2D eigenvalue weighted by Gasteiger charge is -1.99. The third-order valence-corrected chi connectivity index (χ3v) is 3.59. The molecule has 0 fully saturated rings. The molecule has 25 heavy (non-hydrogen) atoms. The number of rotatable bonds is 15. The molecule has 1 N–H and O–H groups in total. The third kappa shape index (κ3) is 18.6. The van der Waals surface area contributed by atoms with Crippen molar-refractivity contribution >= 4 is 5.97 Å². The van der Waals surface area contributed by atoms with E-state index in [4.69, 9.17) is 4.74 Å². The van der Waals surface area contributed by atoms with E-state index in [1.54, 1.807) is 0 Å². The highest BCUT2D eigenvalue weighted by atomic mass is 16.5. The standard InChI is InChI=1S/C22H36O3/c1-3-5-6-7-12-15-18-21(23)19-16-13-10-8-9-11-14-17-20-22(24)25-4-2/h9-13,15-16,19,21,23H,3-8,14,17-18,20H2,1-2H3/b11-9-,13-10-,15-12-,19-16+/t21-/m0/s1. The molecule has 142 valence electrons. The Hall–Kier alpha value is -1.61. The number of esters is 1. The van der Waals surface area contributed by atoms with Crippen LogP contribution < -0.4 is 0 Å². The smallest absolute Gasteiger partial charge is 0.305 e. The number of ether oxygens (including phenoxy) is 1. The molecule has 1 atom stereocenters. The molecular weight excluding hydrogens is 312 g/mol. The van der Waals surface area contributed by atoms with Gasteiger partial charge in [-0.1, -0.05) is 68.4 Å². The van der Waals surface area contributed by atoms with Crippen LogP contribution in [-0.4, -0.2) is 23.8 Å². The van der Waals surface area contributed by atoms with E-state index in [0.29, 0.717) is 19.4 Å². The van der Waals surface area contributed by atoms with E-state index < -0.39 is 6.10 Å². The Morgan fingerprint density at radius 2 is 1.72 bits per heavy atom. The fourth-order valence-corrected chi connectivity index (χ4v) is 2.18. The van der Waals surface area contributed by atoms with Gasteiger partial charge in [0.15, 0.2) is 0 Å². The number of aliphatic hydroxyl groups is 1. The van der Waals surface area contributed by atoms with Gasteiger partial charge in [-0.15, -0.1) is 0 Å². The van der Waals surface area contributed by atoms with Gasteiger partial charge < -0.3 is 9.84 Å². The van der Waals surface area contributed by atoms with Crippen LogP contribution >= 0.6 is 0 Å². The van der Waals surface area contributed by atoms with Crippen molar-refractivity contribution in [2.45, 2.75) is 77.7 Å². The lowest BCUT2D eigenvalue weighted by molar-refractivity contribution is -0.143. The van der Waals surface area contributed by atoms with Crippen LogP contribution in [-0.2, 0) is 9.53 Å². The van der Waals surface area contributed by atoms with Gasteiger partial charge in [0.25, 0.3) is 0 Å². The van der Waals surface area contributed by atoms with E-state index in [0.717, 1.165) is 25.7 Å². The van der Waals surface area contributed by atoms with Crippen molar-refractivity contribution in [1.82, 2.24) is 0 Å². The quantitative estimate of drug-likeness (QED) is 0.180. The Morgan fingerprint density at radius 1 is 0.960 bits per heavy atom. The molecule has 0 saturated carbocycles. The second-order valence-corrected chi connectivity index (χ2v) is 5.99. The first-order valence-electron chi connectivity index (χ1n) is 9.67. The van der Waals surface area contributed by atoms with Gasteiger partial charge in [0.2, 0.25) is 0 Å². The summed E-state index contributed by atoms with van der Waals surface area (Å²) in [5, 5.41) is 9.81. The van der Waals surface area contributed by atoms with Crippen molar-refractivity contribution < 1.29 is 14.6 Å². The molecule has 0 spiro atoms. The summed E-state index contributed by atoms with van der Waals surface area (Å²) < 4.78 is 4.87. The van der Waals surface area contributed by atoms with E-state index >= 15 is 0 Å². The lowest BCUT2D eigenvalue weighted by Crippen LogP contribution is -2.02. The van der Waals surface area contributed by atoms with Crippen LogP contribution in [0.3, 0.4) is 0 Å². The molecule has 0 rings (SSSR count). The van der Waals surface area contributed by atoms with Crippen LogP contribution in [0.15, 0.2) is 48.6 Å². The highest BCUT2D eigenvalue weighted by Gasteiger charge is 1.98. The fourth-order valence-electron chi connectivity index (χ4n) is 2.18. The minimum absolute atomic E-state index is 0.115. The molecule has 0 bridgehead atoms. The maximum Gasteiger partial charge on any atom is 0.305 e. The van der Waals surface area contributed by atoms with Crippen LogP contribution in [0.5, 0.6) is 0 Å². The number of aliphatic hydroxyl groups excluding tert-OH is 1. The largest absolute Gasteiger partial charge is 0.466 e. The average molecular weight is 349 g/mol. The molecule has 3 heteroatoms. The fraction of sp³-hybridized carbons (Fsp3) is 0.591. The van der Waals surface area contributed by atoms with Gasteiger partial charge in [0.05, 0.1) is 12.7 Å². The molecule has 0 saturated heterocycles. The van der Waals surface area contributed by atoms with Crippen LogP contribution in [0.1, 0.15) is 71.6 Å². The number of unbranched alkanes of at least 4 members (excludes halogenated alkanes) is 4. The first-order chi connectivity index (χ1) is 12.2. The highest BCUT2D eigenvalue weighted by Crippen LogP contribution is 2.03. The van der Waals surface area contributed by atoms with Crippen molar-refractivity contribution in [3.63, 3.8) is 0 Å². The van der Waals surface area contributed by atoms with E-state index in [1.165, 1.54) is 19.3 Å². The predicted molar refractivity (Wildman–Crippen MR) is 106 cm³/mol. The van der Waals surface area contributed by atoms with Crippen molar-refractivity contribution in [3.05, 3.63) is 48.6 Å². The molecule has 3 nitrogen and oxygen atoms in total. The number of carbonyl (C=O) groups excluding carboxylic acids is 1. The average Bonchev–Trinajstić information content (AvgIpc) is 2.59. The molecule has 0 unspecified atom stereocenters. The molecule has 0 aromatic heterocycles. The van der Waals surface area contributed by atoms with Gasteiger partial charge in [-0.05, 0) is 45.4 Å². The maximum atomic E-state index is 11.1. The summed E-state index contributed by atoms with van der Waals surface area (Å²) in [6.45, 7) is 4.48. The number of carbonyl (C=O) groups is 1. The molecule has 0 aromatic rings. The van der Waals surface area contributed by atoms with Crippen molar-refractivity contribution in [1.29, 1.82) is 0 Å². The number of hydrogen-bond donors (Lipinski definition) is 1. The van der Waals surface area contributed by atoms with Crippen LogP contribution in [0.4, 0.5) is 0 Å². The molecule has 0 aliphatic carbocycles. The van der Waals surface area contributed by atoms with E-state index in [2.05, 4.69) is 31.2 Å². The van der Waals surface area contributed by atoms with Gasteiger partial charge in [0.1, 0.15) is 0 Å². The van der Waals surface area contributed by atoms with Crippen LogP contribution in [0.2, 0.25) is 0 Å². The van der Waals surface area contributed by atoms with Gasteiger partial charge in [0, 0.05) is 6.42 Å². The lowest BCUT2D eigenvalue weighted by atomic mass is 10.1. The normalized spacial score (nSPS) is 13.6. The highest BCUT2D eigenvalue weighted by molar-refractivity contribution is 5.69. The molecule has 0 aromatic carbocycles. The van der Waals surface area contributed by atoms with E-state index in [9.17, 15) is 9.90 Å². The summed E-state index contributed by atoms with van der Waals surface area (Å²) in [5.74, 6) is -0.115. The predicted octanol–water partition coefficient (Wildman–Crippen LogP) is 5.67. The Morgan fingerprint density at radius 3 is 2.48 bits per heavy atom. The first-order valence-corrected chi connectivity index (χ1v) is 9.67. The number of allylic oxidation sites excluding steroid dienone is 6. The third-order valence-electron chi connectivity index (χ3n) is 3.59. The second kappa shape index (κ2) is 18.7. The van der Waals surface area contributed by atoms with Crippen molar-refractivity contribution in [2.75, 3.05) is 6.61 Å². The van der Waals surface area contributed by atoms with Crippen LogP contribution in [0.25, 0.3) is 0 Å². The molecule has 0 radical (unpaired) electrons. The summed E-state index contributed by atoms with van der Waals surface area (Å²) in [4.78, 5) is 11.1. The Bertz CT molecular complexity index is 419. The summed E-state index contributed by atoms with van der Waals surface area (Å²) in [6, 6.07) is 0. The van der Waals surface area contributed by atoms with Gasteiger partial charge in [-0.3, -0.25) is 4.79 Å². The summed E-state index contributed by atoms with van der Waals surface area (Å²) in [6.07, 6.45) is 24.3. The first kappa shape index (κ1) is 23.4. The van der Waals surface area contributed by atoms with Gasteiger partial charge in [-0.25, -0.2) is 0 Å². The minimum Gasteiger partial charge on any atom is -0.466 e. The van der Waals surface area contributed by atoms with E-state index in [1.807, 2.05) is 31.2 Å². The van der Waals surface area contributed by atoms with E-state index in [-0.39, 0.29) is 5.97 Å². The molecule has 0 heterocycles.